The molecule has 0 aliphatic carbocycles. The molecule has 0 fully saturated rings. The third-order valence-electron chi connectivity index (χ3n) is 10.5. The summed E-state index contributed by atoms with van der Waals surface area (Å²) in [4.78, 5) is 44.3. The highest BCUT2D eigenvalue weighted by Crippen LogP contribution is 2.63. The fourth-order valence-electron chi connectivity index (χ4n) is 6.31. The summed E-state index contributed by atoms with van der Waals surface area (Å²) in [7, 11) is -4.66. The minimum absolute atomic E-state index is 0.00595. The summed E-state index contributed by atoms with van der Waals surface area (Å²) < 4.78 is 74.9. The highest BCUT2D eigenvalue weighted by atomic mass is 28.4. The first-order chi connectivity index (χ1) is 25.8. The Morgan fingerprint density at radius 2 is 1.25 bits per heavy atom. The molecule has 0 aromatic rings. The molecule has 1 atom stereocenters. The van der Waals surface area contributed by atoms with E-state index in [2.05, 4.69) is 74.4 Å². The number of carbonyl (C=O) groups is 3. The van der Waals surface area contributed by atoms with Crippen molar-refractivity contribution < 1.29 is 65.4 Å². The van der Waals surface area contributed by atoms with Crippen molar-refractivity contribution in [1.29, 1.82) is 0 Å². The average Bonchev–Trinajstić information content (AvgIpc) is 3.08. The Bertz CT molecular complexity index is 1260. The van der Waals surface area contributed by atoms with E-state index in [9.17, 15) is 27.6 Å². The van der Waals surface area contributed by atoms with Crippen molar-refractivity contribution in [2.24, 2.45) is 5.41 Å². The highest BCUT2D eigenvalue weighted by molar-refractivity contribution is 6.80. The molecule has 0 aromatic carbocycles. The molecule has 0 spiro atoms. The maximum atomic E-state index is 13.8. The second kappa shape index (κ2) is 25.5. The number of halogens is 3. The summed E-state index contributed by atoms with van der Waals surface area (Å²) in [6.45, 7) is 28.7. The van der Waals surface area contributed by atoms with Gasteiger partial charge in [0, 0.05) is 31.8 Å². The van der Waals surface area contributed by atoms with Crippen molar-refractivity contribution in [3.05, 3.63) is 30.7 Å². The number of rotatable bonds is 30. The van der Waals surface area contributed by atoms with Gasteiger partial charge in [-0.3, -0.25) is 0 Å². The third-order valence-corrected chi connectivity index (χ3v) is 18.7. The Labute approximate surface area is 334 Å². The van der Waals surface area contributed by atoms with Crippen LogP contribution in [0.2, 0.25) is 43.3 Å². The van der Waals surface area contributed by atoms with Gasteiger partial charge in [0.25, 0.3) is 0 Å². The molecule has 13 nitrogen and oxygen atoms in total. The number of ether oxygens (including phenoxy) is 5. The van der Waals surface area contributed by atoms with Gasteiger partial charge in [0.05, 0.1) is 33.4 Å². The van der Waals surface area contributed by atoms with Crippen molar-refractivity contribution in [1.82, 2.24) is 10.6 Å². The van der Waals surface area contributed by atoms with Crippen molar-refractivity contribution in [3.63, 3.8) is 0 Å². The largest absolute Gasteiger partial charge is 0.460 e. The van der Waals surface area contributed by atoms with Crippen LogP contribution >= 0.6 is 0 Å². The van der Waals surface area contributed by atoms with Crippen LogP contribution in [0, 0.1) is 5.41 Å². The van der Waals surface area contributed by atoms with Gasteiger partial charge in [-0.05, 0) is 69.6 Å². The van der Waals surface area contributed by atoms with Crippen LogP contribution in [-0.2, 0) is 42.7 Å². The maximum absolute atomic E-state index is 13.8. The lowest BCUT2D eigenvalue weighted by atomic mass is 9.64. The number of amides is 2. The first kappa shape index (κ1) is 53.1. The molecular weight excluding hydrogens is 774 g/mol. The fraction of sp³-hybridized carbons (Fsp3) is 0.789. The van der Waals surface area contributed by atoms with Gasteiger partial charge in [-0.25, -0.2) is 14.4 Å². The first-order valence-corrected chi connectivity index (χ1v) is 25.4. The van der Waals surface area contributed by atoms with E-state index in [1.54, 1.807) is 0 Å². The molecule has 2 N–H and O–H groups in total. The zero-order valence-electron chi connectivity index (χ0n) is 35.4. The summed E-state index contributed by atoms with van der Waals surface area (Å²) in [6.07, 6.45) is -4.04. The van der Waals surface area contributed by atoms with Crippen LogP contribution in [0.15, 0.2) is 30.7 Å². The Morgan fingerprint density at radius 1 is 0.732 bits per heavy atom. The summed E-state index contributed by atoms with van der Waals surface area (Å²) in [5.41, 5.74) is 0.917. The minimum Gasteiger partial charge on any atom is -0.460 e. The molecule has 0 heterocycles. The van der Waals surface area contributed by atoms with Crippen LogP contribution < -0.4 is 10.6 Å². The van der Waals surface area contributed by atoms with E-state index in [4.69, 9.17) is 33.0 Å². The van der Waals surface area contributed by atoms with E-state index >= 15 is 0 Å². The third kappa shape index (κ3) is 21.1. The standard InChI is InChI=1S/C38H69F3N2O11Si2/c1-13-20-52-53-24-19-43-34(46)51-28-26-48-22-15-30-56(11,12)54-35(4,5)37(8,16-17-38(39,40)41)36(6,7)55(9,10)29-14-21-47-25-27-50-33(45)42-18-23-49-32(44)31(2)3/h20H,1-2,14-19,21-30H2,3-12H3,(H,42,45)(H,43,46). The second-order valence-electron chi connectivity index (χ2n) is 16.0. The van der Waals surface area contributed by atoms with Gasteiger partial charge < -0.3 is 43.6 Å². The van der Waals surface area contributed by atoms with Gasteiger partial charge in [0.1, 0.15) is 26.4 Å². The van der Waals surface area contributed by atoms with Crippen LogP contribution in [0.1, 0.15) is 67.2 Å². The number of alkyl carbamates (subject to hydrolysis) is 2. The lowest BCUT2D eigenvalue weighted by Gasteiger charge is -2.61. The zero-order valence-corrected chi connectivity index (χ0v) is 37.4. The van der Waals surface area contributed by atoms with Gasteiger partial charge in [0.2, 0.25) is 0 Å². The van der Waals surface area contributed by atoms with Crippen LogP contribution in [0.5, 0.6) is 0 Å². The fourth-order valence-corrected chi connectivity index (χ4v) is 12.6. The molecule has 18 heteroatoms. The summed E-state index contributed by atoms with van der Waals surface area (Å²) in [5, 5.41) is 4.50. The van der Waals surface area contributed by atoms with Crippen LogP contribution in [0.3, 0.4) is 0 Å². The Morgan fingerprint density at radius 3 is 1.75 bits per heavy atom. The minimum atomic E-state index is -4.31. The number of hydrogen-bond acceptors (Lipinski definition) is 11. The maximum Gasteiger partial charge on any atom is 0.407 e. The number of alkyl halides is 3. The number of hydrogen-bond donors (Lipinski definition) is 2. The smallest absolute Gasteiger partial charge is 0.407 e. The second-order valence-corrected chi connectivity index (χ2v) is 25.8. The van der Waals surface area contributed by atoms with Crippen molar-refractivity contribution in [3.8, 4) is 0 Å². The van der Waals surface area contributed by atoms with Gasteiger partial charge in [-0.15, -0.1) is 0 Å². The molecule has 0 radical (unpaired) electrons. The van der Waals surface area contributed by atoms with E-state index in [-0.39, 0.29) is 64.7 Å². The molecule has 2 amide bonds. The molecule has 0 rings (SSSR count). The molecule has 0 aliphatic rings. The van der Waals surface area contributed by atoms with E-state index < -0.39 is 63.2 Å². The first-order valence-electron chi connectivity index (χ1n) is 19.0. The zero-order chi connectivity index (χ0) is 43.1. The Hall–Kier alpha value is -2.87. The molecule has 1 unspecified atom stereocenters. The molecule has 0 aliphatic heterocycles. The predicted molar refractivity (Wildman–Crippen MR) is 213 cm³/mol. The van der Waals surface area contributed by atoms with Crippen LogP contribution in [0.4, 0.5) is 22.8 Å². The lowest BCUT2D eigenvalue weighted by molar-refractivity contribution is -0.246. The van der Waals surface area contributed by atoms with E-state index in [1.165, 1.54) is 6.92 Å². The SMILES string of the molecule is C=C=COOCCNC(=O)OCCOCCC[Si](C)(C)OC(C)(C)C(C)(CCC(F)(F)F)C(C)(C)[Si](C)(C)CCCOCCOC(=O)NCCOC(=O)C(=C)C. The monoisotopic (exact) mass is 842 g/mol. The van der Waals surface area contributed by atoms with E-state index in [0.717, 1.165) is 18.4 Å². The Kier molecular flexibility index (Phi) is 24.2. The molecule has 326 valence electrons. The average molecular weight is 843 g/mol. The van der Waals surface area contributed by atoms with Crippen molar-refractivity contribution in [2.45, 2.75) is 122 Å². The number of carbonyl (C=O) groups excluding carboxylic acids is 3. The number of esters is 1. The molecule has 56 heavy (non-hydrogen) atoms. The molecule has 0 saturated carbocycles. The summed E-state index contributed by atoms with van der Waals surface area (Å²) in [6, 6.07) is 1.54. The Balaban J connectivity index is 5.08. The molecular formula is C38H69F3N2O11Si2. The van der Waals surface area contributed by atoms with Crippen molar-refractivity contribution in [2.75, 3.05) is 65.9 Å². The van der Waals surface area contributed by atoms with Gasteiger partial charge in [-0.1, -0.05) is 58.8 Å². The van der Waals surface area contributed by atoms with Crippen LogP contribution in [-0.4, -0.2) is 112 Å². The summed E-state index contributed by atoms with van der Waals surface area (Å²) in [5.74, 6) is -0.538. The quantitative estimate of drug-likeness (QED) is 0.00826. The van der Waals surface area contributed by atoms with Gasteiger partial charge in [0.15, 0.2) is 14.6 Å². The van der Waals surface area contributed by atoms with E-state index in [1.807, 2.05) is 20.8 Å². The topological polar surface area (TPSA) is 149 Å². The molecule has 0 aromatic heterocycles. The van der Waals surface area contributed by atoms with Gasteiger partial charge in [-0.2, -0.15) is 18.1 Å². The van der Waals surface area contributed by atoms with Gasteiger partial charge >= 0.3 is 24.3 Å². The normalized spacial score (nSPS) is 13.5. The summed E-state index contributed by atoms with van der Waals surface area (Å²) >= 11 is 0. The predicted octanol–water partition coefficient (Wildman–Crippen LogP) is 8.46. The lowest BCUT2D eigenvalue weighted by Crippen LogP contribution is -2.60. The molecule has 0 saturated heterocycles. The van der Waals surface area contributed by atoms with Crippen molar-refractivity contribution >= 4 is 34.5 Å². The van der Waals surface area contributed by atoms with E-state index in [0.29, 0.717) is 26.1 Å². The van der Waals surface area contributed by atoms with Crippen LogP contribution in [0.25, 0.3) is 0 Å². The highest BCUT2D eigenvalue weighted by Gasteiger charge is 2.59. The number of nitrogens with one attached hydrogen (secondary N) is 2. The molecule has 0 bridgehead atoms.